The molecule has 1 fully saturated rings. The molecule has 1 aromatic rings. The summed E-state index contributed by atoms with van der Waals surface area (Å²) >= 11 is 0. The molecule has 0 heterocycles. The Kier molecular flexibility index (Phi) is 13.7. The van der Waals surface area contributed by atoms with E-state index in [0.29, 0.717) is 0 Å². The van der Waals surface area contributed by atoms with E-state index in [-0.39, 0.29) is 0 Å². The molecule has 1 aromatic carbocycles. The van der Waals surface area contributed by atoms with Crippen LogP contribution in [0.25, 0.3) is 0 Å². The van der Waals surface area contributed by atoms with E-state index in [0.717, 1.165) is 37.0 Å². The zero-order valence-corrected chi connectivity index (χ0v) is 20.0. The maximum absolute atomic E-state index is 5.90. The molecule has 0 spiro atoms. The van der Waals surface area contributed by atoms with Crippen molar-refractivity contribution in [3.05, 3.63) is 42.0 Å². The van der Waals surface area contributed by atoms with Gasteiger partial charge in [-0.25, -0.2) is 0 Å². The van der Waals surface area contributed by atoms with Crippen molar-refractivity contribution in [2.45, 2.75) is 117 Å². The number of benzene rings is 1. The molecule has 1 aliphatic carbocycles. The zero-order valence-electron chi connectivity index (χ0n) is 20.0. The average molecular weight is 413 g/mol. The summed E-state index contributed by atoms with van der Waals surface area (Å²) in [6.45, 7) is 5.43. The van der Waals surface area contributed by atoms with Gasteiger partial charge in [0.25, 0.3) is 0 Å². The van der Waals surface area contributed by atoms with Crippen molar-refractivity contribution in [2.75, 3.05) is 6.61 Å². The Hall–Kier alpha value is -1.24. The van der Waals surface area contributed by atoms with Crippen molar-refractivity contribution < 1.29 is 4.74 Å². The largest absolute Gasteiger partial charge is 0.494 e. The molecule has 1 saturated carbocycles. The quantitative estimate of drug-likeness (QED) is 0.194. The van der Waals surface area contributed by atoms with Crippen molar-refractivity contribution in [1.82, 2.24) is 0 Å². The fourth-order valence-electron chi connectivity index (χ4n) is 4.72. The van der Waals surface area contributed by atoms with E-state index in [1.54, 1.807) is 0 Å². The Balaban J connectivity index is 1.53. The smallest absolute Gasteiger partial charge is 0.119 e. The third-order valence-electron chi connectivity index (χ3n) is 6.81. The number of hydrogen-bond donors (Lipinski definition) is 0. The van der Waals surface area contributed by atoms with Crippen molar-refractivity contribution in [3.8, 4) is 5.75 Å². The van der Waals surface area contributed by atoms with Crippen LogP contribution in [0.2, 0.25) is 0 Å². The van der Waals surface area contributed by atoms with Gasteiger partial charge in [-0.05, 0) is 74.5 Å². The van der Waals surface area contributed by atoms with Crippen LogP contribution in [0.3, 0.4) is 0 Å². The molecule has 1 nitrogen and oxygen atoms in total. The van der Waals surface area contributed by atoms with Gasteiger partial charge < -0.3 is 4.74 Å². The monoisotopic (exact) mass is 412 g/mol. The highest BCUT2D eigenvalue weighted by molar-refractivity contribution is 5.27. The van der Waals surface area contributed by atoms with Crippen molar-refractivity contribution in [2.24, 2.45) is 11.8 Å². The predicted molar refractivity (Wildman–Crippen MR) is 132 cm³/mol. The topological polar surface area (TPSA) is 9.23 Å². The van der Waals surface area contributed by atoms with E-state index in [1.807, 2.05) is 0 Å². The summed E-state index contributed by atoms with van der Waals surface area (Å²) in [5, 5.41) is 0. The van der Waals surface area contributed by atoms with Crippen LogP contribution in [0.5, 0.6) is 5.75 Å². The SMILES string of the molecule is CCCCCCCCOc1ccc(CC/C=C/[C@H]2CC[C@H](CCCCC)CC2)cc1. The molecule has 30 heavy (non-hydrogen) atoms. The molecule has 0 bridgehead atoms. The highest BCUT2D eigenvalue weighted by Crippen LogP contribution is 2.32. The number of rotatable bonds is 16. The minimum atomic E-state index is 0.838. The normalized spacial score (nSPS) is 19.4. The lowest BCUT2D eigenvalue weighted by molar-refractivity contribution is 0.289. The number of allylic oxidation sites excluding steroid dienone is 2. The second-order valence-electron chi connectivity index (χ2n) is 9.50. The second-order valence-corrected chi connectivity index (χ2v) is 9.50. The molecular formula is C29H48O. The summed E-state index contributed by atoms with van der Waals surface area (Å²) < 4.78 is 5.90. The van der Waals surface area contributed by atoms with Gasteiger partial charge >= 0.3 is 0 Å². The molecular weight excluding hydrogens is 364 g/mol. The molecule has 0 atom stereocenters. The molecule has 0 aliphatic heterocycles. The number of ether oxygens (including phenoxy) is 1. The van der Waals surface area contributed by atoms with Crippen LogP contribution in [0, 0.1) is 11.8 Å². The second kappa shape index (κ2) is 16.5. The van der Waals surface area contributed by atoms with Gasteiger partial charge in [0, 0.05) is 0 Å². The molecule has 170 valence electrons. The van der Waals surface area contributed by atoms with Crippen molar-refractivity contribution in [1.29, 1.82) is 0 Å². The summed E-state index contributed by atoms with van der Waals surface area (Å²) in [7, 11) is 0. The van der Waals surface area contributed by atoms with Gasteiger partial charge in [-0.1, -0.05) is 95.9 Å². The number of unbranched alkanes of at least 4 members (excludes halogenated alkanes) is 7. The third-order valence-corrected chi connectivity index (χ3v) is 6.81. The Bertz CT molecular complexity index is 536. The van der Waals surface area contributed by atoms with Gasteiger partial charge in [0.1, 0.15) is 5.75 Å². The van der Waals surface area contributed by atoms with Crippen LogP contribution in [0.1, 0.15) is 116 Å². The van der Waals surface area contributed by atoms with Gasteiger partial charge in [-0.2, -0.15) is 0 Å². The van der Waals surface area contributed by atoms with Gasteiger partial charge in [-0.3, -0.25) is 0 Å². The standard InChI is InChI=1S/C29H48O/c1-3-5-7-8-9-13-25-30-29-23-21-28(22-24-29)16-12-11-15-27-19-17-26(18-20-27)14-10-6-4-2/h11,15,21-24,26-27H,3-10,12-14,16-20,25H2,1-2H3/b15-11+/t26-,27-. The van der Waals surface area contributed by atoms with Crippen LogP contribution in [0.4, 0.5) is 0 Å². The van der Waals surface area contributed by atoms with E-state index in [4.69, 9.17) is 4.74 Å². The molecule has 0 amide bonds. The molecule has 0 unspecified atom stereocenters. The van der Waals surface area contributed by atoms with E-state index in [1.165, 1.54) is 95.5 Å². The fraction of sp³-hybridized carbons (Fsp3) is 0.724. The first-order valence-electron chi connectivity index (χ1n) is 13.2. The Morgan fingerprint density at radius 2 is 1.47 bits per heavy atom. The minimum Gasteiger partial charge on any atom is -0.494 e. The average Bonchev–Trinajstić information content (AvgIpc) is 2.78. The first-order chi connectivity index (χ1) is 14.8. The number of hydrogen-bond acceptors (Lipinski definition) is 1. The third kappa shape index (κ3) is 11.2. The molecule has 2 rings (SSSR count). The van der Waals surface area contributed by atoms with Crippen LogP contribution in [-0.4, -0.2) is 6.61 Å². The minimum absolute atomic E-state index is 0.838. The summed E-state index contributed by atoms with van der Waals surface area (Å²) in [6.07, 6.45) is 26.6. The van der Waals surface area contributed by atoms with Crippen LogP contribution in [-0.2, 0) is 6.42 Å². The maximum atomic E-state index is 5.90. The first-order valence-corrected chi connectivity index (χ1v) is 13.2. The molecule has 0 N–H and O–H groups in total. The maximum Gasteiger partial charge on any atom is 0.119 e. The highest BCUT2D eigenvalue weighted by atomic mass is 16.5. The first kappa shape index (κ1) is 25.0. The van der Waals surface area contributed by atoms with Crippen LogP contribution >= 0.6 is 0 Å². The Morgan fingerprint density at radius 1 is 0.800 bits per heavy atom. The van der Waals surface area contributed by atoms with Gasteiger partial charge in [0.15, 0.2) is 0 Å². The lowest BCUT2D eigenvalue weighted by Gasteiger charge is -2.26. The number of aryl methyl sites for hydroxylation is 1. The van der Waals surface area contributed by atoms with Crippen LogP contribution in [0.15, 0.2) is 36.4 Å². The summed E-state index contributed by atoms with van der Waals surface area (Å²) in [5.74, 6) is 2.88. The summed E-state index contributed by atoms with van der Waals surface area (Å²) in [4.78, 5) is 0. The van der Waals surface area contributed by atoms with E-state index >= 15 is 0 Å². The van der Waals surface area contributed by atoms with Gasteiger partial charge in [0.05, 0.1) is 6.61 Å². The lowest BCUT2D eigenvalue weighted by atomic mass is 9.79. The lowest BCUT2D eigenvalue weighted by Crippen LogP contribution is -2.13. The van der Waals surface area contributed by atoms with Crippen LogP contribution < -0.4 is 4.74 Å². The summed E-state index contributed by atoms with van der Waals surface area (Å²) in [6, 6.07) is 8.78. The van der Waals surface area contributed by atoms with Crippen molar-refractivity contribution >= 4 is 0 Å². The Morgan fingerprint density at radius 3 is 2.20 bits per heavy atom. The van der Waals surface area contributed by atoms with E-state index in [9.17, 15) is 0 Å². The molecule has 0 saturated heterocycles. The molecule has 1 aliphatic rings. The van der Waals surface area contributed by atoms with E-state index in [2.05, 4.69) is 50.3 Å². The molecule has 0 radical (unpaired) electrons. The molecule has 1 heteroatoms. The molecule has 0 aromatic heterocycles. The fourth-order valence-corrected chi connectivity index (χ4v) is 4.72. The van der Waals surface area contributed by atoms with Gasteiger partial charge in [0.2, 0.25) is 0 Å². The van der Waals surface area contributed by atoms with E-state index < -0.39 is 0 Å². The van der Waals surface area contributed by atoms with Crippen molar-refractivity contribution in [3.63, 3.8) is 0 Å². The highest BCUT2D eigenvalue weighted by Gasteiger charge is 2.18. The zero-order chi connectivity index (χ0) is 21.3. The summed E-state index contributed by atoms with van der Waals surface area (Å²) in [5.41, 5.74) is 1.42. The van der Waals surface area contributed by atoms with Gasteiger partial charge in [-0.15, -0.1) is 0 Å². The Labute approximate surface area is 187 Å². The predicted octanol–water partition coefficient (Wildman–Crippen LogP) is 9.30.